The first-order valence-corrected chi connectivity index (χ1v) is 7.50. The van der Waals surface area contributed by atoms with E-state index in [4.69, 9.17) is 10.5 Å². The number of carbonyl (C=O) groups is 1. The van der Waals surface area contributed by atoms with E-state index >= 15 is 0 Å². The molecule has 1 aliphatic carbocycles. The Balaban J connectivity index is 1.66. The quantitative estimate of drug-likeness (QED) is 0.792. The predicted octanol–water partition coefficient (Wildman–Crippen LogP) is 2.84. The van der Waals surface area contributed by atoms with Crippen molar-refractivity contribution in [1.29, 1.82) is 0 Å². The van der Waals surface area contributed by atoms with Gasteiger partial charge >= 0.3 is 0 Å². The van der Waals surface area contributed by atoms with Gasteiger partial charge in [0.2, 0.25) is 5.91 Å². The second-order valence-electron chi connectivity index (χ2n) is 6.97. The Hall–Kier alpha value is -1.71. The smallest absolute Gasteiger partial charge is 0.223 e. The van der Waals surface area contributed by atoms with Gasteiger partial charge in [-0.3, -0.25) is 4.79 Å². The summed E-state index contributed by atoms with van der Waals surface area (Å²) in [5, 5.41) is 3.01. The van der Waals surface area contributed by atoms with Crippen LogP contribution in [0.5, 0.6) is 5.75 Å². The molecule has 1 amide bonds. The third-order valence-corrected chi connectivity index (χ3v) is 5.30. The lowest BCUT2D eigenvalue weighted by molar-refractivity contribution is -0.121. The minimum absolute atomic E-state index is 0.0453. The molecule has 21 heavy (non-hydrogen) atoms. The summed E-state index contributed by atoms with van der Waals surface area (Å²) in [7, 11) is 0. The maximum absolute atomic E-state index is 11.8. The molecule has 0 aliphatic heterocycles. The second-order valence-corrected chi connectivity index (χ2v) is 6.97. The Bertz CT molecular complexity index is 492. The van der Waals surface area contributed by atoms with Gasteiger partial charge in [0.25, 0.3) is 0 Å². The number of hydrogen-bond acceptors (Lipinski definition) is 3. The van der Waals surface area contributed by atoms with Gasteiger partial charge in [-0.25, -0.2) is 0 Å². The summed E-state index contributed by atoms with van der Waals surface area (Å²) in [5.41, 5.74) is 6.92. The van der Waals surface area contributed by atoms with Gasteiger partial charge in [-0.2, -0.15) is 0 Å². The lowest BCUT2D eigenvalue weighted by Crippen LogP contribution is -2.28. The molecule has 1 aliphatic rings. The SMILES string of the molecule is CC1(C)C(CNC(=O)CCOc2ccc(N)cc2)C1(C)C. The molecule has 116 valence electrons. The van der Waals surface area contributed by atoms with Crippen molar-refractivity contribution in [2.24, 2.45) is 16.7 Å². The summed E-state index contributed by atoms with van der Waals surface area (Å²) in [6, 6.07) is 7.18. The molecule has 1 saturated carbocycles. The number of nitrogen functional groups attached to an aromatic ring is 1. The highest BCUT2D eigenvalue weighted by molar-refractivity contribution is 5.76. The van der Waals surface area contributed by atoms with Gasteiger partial charge in [0.05, 0.1) is 13.0 Å². The molecule has 3 N–H and O–H groups in total. The highest BCUT2D eigenvalue weighted by atomic mass is 16.5. The van der Waals surface area contributed by atoms with Crippen molar-refractivity contribution in [3.8, 4) is 5.75 Å². The van der Waals surface area contributed by atoms with Crippen LogP contribution in [0.1, 0.15) is 34.1 Å². The van der Waals surface area contributed by atoms with Crippen molar-refractivity contribution in [2.45, 2.75) is 34.1 Å². The molecular formula is C17H26N2O2. The summed E-state index contributed by atoms with van der Waals surface area (Å²) >= 11 is 0. The molecule has 0 bridgehead atoms. The first-order chi connectivity index (χ1) is 9.75. The molecule has 1 aromatic carbocycles. The number of nitrogens with one attached hydrogen (secondary N) is 1. The summed E-state index contributed by atoms with van der Waals surface area (Å²) in [5.74, 6) is 1.33. The number of amides is 1. The molecule has 0 radical (unpaired) electrons. The minimum Gasteiger partial charge on any atom is -0.493 e. The van der Waals surface area contributed by atoms with E-state index in [1.54, 1.807) is 12.1 Å². The van der Waals surface area contributed by atoms with Crippen molar-refractivity contribution in [2.75, 3.05) is 18.9 Å². The molecule has 4 heteroatoms. The van der Waals surface area contributed by atoms with Crippen LogP contribution in [0.3, 0.4) is 0 Å². The number of carbonyl (C=O) groups excluding carboxylic acids is 1. The zero-order chi connectivity index (χ0) is 15.7. The second kappa shape index (κ2) is 5.58. The number of ether oxygens (including phenoxy) is 1. The molecule has 0 unspecified atom stereocenters. The Labute approximate surface area is 127 Å². The summed E-state index contributed by atoms with van der Waals surface area (Å²) in [6.45, 7) is 10.2. The number of rotatable bonds is 6. The van der Waals surface area contributed by atoms with Gasteiger partial charge < -0.3 is 15.8 Å². The van der Waals surface area contributed by atoms with Gasteiger partial charge in [-0.1, -0.05) is 27.7 Å². The zero-order valence-corrected chi connectivity index (χ0v) is 13.4. The maximum atomic E-state index is 11.8. The summed E-state index contributed by atoms with van der Waals surface area (Å²) < 4.78 is 5.52. The standard InChI is InChI=1S/C17H26N2O2/c1-16(2)14(17(16,3)4)11-19-15(20)9-10-21-13-7-5-12(18)6-8-13/h5-8,14H,9-11,18H2,1-4H3,(H,19,20). The van der Waals surface area contributed by atoms with E-state index in [9.17, 15) is 4.79 Å². The molecule has 0 aromatic heterocycles. The van der Waals surface area contributed by atoms with Gasteiger partial charge in [0, 0.05) is 12.2 Å². The average Bonchev–Trinajstić information content (AvgIpc) is 2.79. The van der Waals surface area contributed by atoms with Crippen LogP contribution in [0, 0.1) is 16.7 Å². The highest BCUT2D eigenvalue weighted by Gasteiger charge is 2.64. The van der Waals surface area contributed by atoms with Crippen LogP contribution in [0.4, 0.5) is 5.69 Å². The number of nitrogens with two attached hydrogens (primary N) is 1. The van der Waals surface area contributed by atoms with Gasteiger partial charge in [-0.05, 0) is 41.0 Å². The molecule has 0 spiro atoms. The lowest BCUT2D eigenvalue weighted by atomic mass is 10.0. The van der Waals surface area contributed by atoms with Crippen LogP contribution < -0.4 is 15.8 Å². The predicted molar refractivity (Wildman–Crippen MR) is 85.0 cm³/mol. The van der Waals surface area contributed by atoms with Crippen LogP contribution >= 0.6 is 0 Å². The normalized spacial score (nSPS) is 19.0. The Morgan fingerprint density at radius 3 is 2.29 bits per heavy atom. The van der Waals surface area contributed by atoms with Crippen LogP contribution in [-0.4, -0.2) is 19.1 Å². The van der Waals surface area contributed by atoms with Gasteiger partial charge in [0.15, 0.2) is 0 Å². The van der Waals surface area contributed by atoms with Crippen molar-refractivity contribution in [3.05, 3.63) is 24.3 Å². The number of benzene rings is 1. The molecular weight excluding hydrogens is 264 g/mol. The van der Waals surface area contributed by atoms with E-state index in [0.29, 0.717) is 35.5 Å². The minimum atomic E-state index is 0.0453. The zero-order valence-electron chi connectivity index (χ0n) is 13.4. The van der Waals surface area contributed by atoms with Crippen LogP contribution in [0.2, 0.25) is 0 Å². The largest absolute Gasteiger partial charge is 0.493 e. The summed E-state index contributed by atoms with van der Waals surface area (Å²) in [6.07, 6.45) is 0.373. The van der Waals surface area contributed by atoms with Crippen molar-refractivity contribution in [3.63, 3.8) is 0 Å². The van der Waals surface area contributed by atoms with Crippen molar-refractivity contribution in [1.82, 2.24) is 5.32 Å². The van der Waals surface area contributed by atoms with E-state index in [1.807, 2.05) is 12.1 Å². The van der Waals surface area contributed by atoms with E-state index in [2.05, 4.69) is 33.0 Å². The third-order valence-electron chi connectivity index (χ3n) is 5.30. The first kappa shape index (κ1) is 15.7. The van der Waals surface area contributed by atoms with E-state index in [-0.39, 0.29) is 5.91 Å². The van der Waals surface area contributed by atoms with Gasteiger partial charge in [0.1, 0.15) is 5.75 Å². The fraction of sp³-hybridized carbons (Fsp3) is 0.588. The lowest BCUT2D eigenvalue weighted by Gasteiger charge is -2.08. The number of anilines is 1. The van der Waals surface area contributed by atoms with Crippen LogP contribution in [0.25, 0.3) is 0 Å². The van der Waals surface area contributed by atoms with Crippen molar-refractivity contribution < 1.29 is 9.53 Å². The Morgan fingerprint density at radius 1 is 1.19 bits per heavy atom. The Morgan fingerprint density at radius 2 is 1.76 bits per heavy atom. The van der Waals surface area contributed by atoms with Crippen molar-refractivity contribution >= 4 is 11.6 Å². The maximum Gasteiger partial charge on any atom is 0.223 e. The van der Waals surface area contributed by atoms with Crippen LogP contribution in [-0.2, 0) is 4.79 Å². The topological polar surface area (TPSA) is 64.3 Å². The number of hydrogen-bond donors (Lipinski definition) is 2. The summed E-state index contributed by atoms with van der Waals surface area (Å²) in [4.78, 5) is 11.8. The average molecular weight is 290 g/mol. The van der Waals surface area contributed by atoms with Crippen LogP contribution in [0.15, 0.2) is 24.3 Å². The van der Waals surface area contributed by atoms with E-state index < -0.39 is 0 Å². The monoisotopic (exact) mass is 290 g/mol. The van der Waals surface area contributed by atoms with Gasteiger partial charge in [-0.15, -0.1) is 0 Å². The highest BCUT2D eigenvalue weighted by Crippen LogP contribution is 2.67. The third kappa shape index (κ3) is 3.31. The fourth-order valence-corrected chi connectivity index (χ4v) is 2.97. The first-order valence-electron chi connectivity index (χ1n) is 7.50. The molecule has 1 aromatic rings. The molecule has 4 nitrogen and oxygen atoms in total. The van der Waals surface area contributed by atoms with E-state index in [1.165, 1.54) is 0 Å². The molecule has 2 rings (SSSR count). The fourth-order valence-electron chi connectivity index (χ4n) is 2.97. The molecule has 1 fully saturated rings. The molecule has 0 atom stereocenters. The Kier molecular flexibility index (Phi) is 4.17. The molecule has 0 saturated heterocycles. The molecule has 0 heterocycles. The van der Waals surface area contributed by atoms with E-state index in [0.717, 1.165) is 12.3 Å².